The van der Waals surface area contributed by atoms with Gasteiger partial charge in [-0.05, 0) is 43.9 Å². The second-order valence-corrected chi connectivity index (χ2v) is 5.09. The molecule has 0 unspecified atom stereocenters. The highest BCUT2D eigenvalue weighted by Gasteiger charge is 2.17. The maximum atomic E-state index is 6.15. The highest BCUT2D eigenvalue weighted by atomic mass is 14.9. The smallest absolute Gasteiger partial charge is 0.103 e. The van der Waals surface area contributed by atoms with Crippen LogP contribution in [0, 0.1) is 19.8 Å². The van der Waals surface area contributed by atoms with E-state index in [1.807, 2.05) is 0 Å². The van der Waals surface area contributed by atoms with Crippen LogP contribution in [0.1, 0.15) is 43.2 Å². The summed E-state index contributed by atoms with van der Waals surface area (Å²) in [6.45, 7) is 4.23. The van der Waals surface area contributed by atoms with Crippen molar-refractivity contribution in [1.29, 1.82) is 0 Å². The number of aliphatic imine (C=N–C) groups is 1. The first kappa shape index (κ1) is 12.2. The highest BCUT2D eigenvalue weighted by molar-refractivity contribution is 5.85. The highest BCUT2D eigenvalue weighted by Crippen LogP contribution is 2.26. The molecule has 1 aromatic rings. The SMILES string of the molecule is Cc1cccc(N=C(N)C2CCCCC2)c1C. The average Bonchev–Trinajstić information content (AvgIpc) is 2.36. The fourth-order valence-corrected chi connectivity index (χ4v) is 2.49. The molecule has 92 valence electrons. The summed E-state index contributed by atoms with van der Waals surface area (Å²) >= 11 is 0. The molecule has 2 rings (SSSR count). The van der Waals surface area contributed by atoms with Crippen molar-refractivity contribution in [2.75, 3.05) is 0 Å². The van der Waals surface area contributed by atoms with Gasteiger partial charge in [-0.2, -0.15) is 0 Å². The van der Waals surface area contributed by atoms with Gasteiger partial charge < -0.3 is 5.73 Å². The number of benzene rings is 1. The molecule has 0 aliphatic heterocycles. The van der Waals surface area contributed by atoms with E-state index in [9.17, 15) is 0 Å². The van der Waals surface area contributed by atoms with Gasteiger partial charge in [-0.15, -0.1) is 0 Å². The first-order valence-electron chi connectivity index (χ1n) is 6.59. The van der Waals surface area contributed by atoms with Gasteiger partial charge in [0.2, 0.25) is 0 Å². The number of hydrogen-bond acceptors (Lipinski definition) is 1. The van der Waals surface area contributed by atoms with Gasteiger partial charge >= 0.3 is 0 Å². The standard InChI is InChI=1S/C15H22N2/c1-11-7-6-10-14(12(11)2)17-15(16)13-8-4-3-5-9-13/h6-7,10,13H,3-5,8-9H2,1-2H3,(H2,16,17). The monoisotopic (exact) mass is 230 g/mol. The van der Waals surface area contributed by atoms with Crippen LogP contribution in [0.25, 0.3) is 0 Å². The second-order valence-electron chi connectivity index (χ2n) is 5.09. The summed E-state index contributed by atoms with van der Waals surface area (Å²) in [7, 11) is 0. The Kier molecular flexibility index (Phi) is 3.82. The Morgan fingerprint density at radius 3 is 2.59 bits per heavy atom. The van der Waals surface area contributed by atoms with Gasteiger partial charge in [-0.3, -0.25) is 0 Å². The fraction of sp³-hybridized carbons (Fsp3) is 0.533. The molecular weight excluding hydrogens is 208 g/mol. The molecule has 0 bridgehead atoms. The van der Waals surface area contributed by atoms with Gasteiger partial charge in [0.05, 0.1) is 5.69 Å². The summed E-state index contributed by atoms with van der Waals surface area (Å²) in [5, 5.41) is 0. The summed E-state index contributed by atoms with van der Waals surface area (Å²) in [5.41, 5.74) is 9.71. The topological polar surface area (TPSA) is 38.4 Å². The largest absolute Gasteiger partial charge is 0.387 e. The number of aryl methyl sites for hydroxylation is 1. The Morgan fingerprint density at radius 2 is 1.88 bits per heavy atom. The van der Waals surface area contributed by atoms with E-state index >= 15 is 0 Å². The zero-order valence-corrected chi connectivity index (χ0v) is 10.9. The van der Waals surface area contributed by atoms with Crippen LogP contribution in [-0.4, -0.2) is 5.84 Å². The van der Waals surface area contributed by atoms with Crippen LogP contribution in [0.3, 0.4) is 0 Å². The average molecular weight is 230 g/mol. The minimum absolute atomic E-state index is 0.503. The maximum Gasteiger partial charge on any atom is 0.103 e. The van der Waals surface area contributed by atoms with E-state index in [4.69, 9.17) is 5.73 Å². The zero-order chi connectivity index (χ0) is 12.3. The van der Waals surface area contributed by atoms with Gasteiger partial charge in [0.25, 0.3) is 0 Å². The molecule has 2 heteroatoms. The number of hydrogen-bond donors (Lipinski definition) is 1. The summed E-state index contributed by atoms with van der Waals surface area (Å²) in [6.07, 6.45) is 6.37. The summed E-state index contributed by atoms with van der Waals surface area (Å²) in [5.74, 6) is 1.34. The third kappa shape index (κ3) is 2.87. The first-order chi connectivity index (χ1) is 8.18. The van der Waals surface area contributed by atoms with Crippen LogP contribution in [0.4, 0.5) is 5.69 Å². The number of rotatable bonds is 2. The minimum atomic E-state index is 0.503. The molecule has 1 aromatic carbocycles. The van der Waals surface area contributed by atoms with Crippen LogP contribution in [0.15, 0.2) is 23.2 Å². The van der Waals surface area contributed by atoms with Crippen molar-refractivity contribution in [3.05, 3.63) is 29.3 Å². The van der Waals surface area contributed by atoms with Gasteiger partial charge in [0.1, 0.15) is 5.84 Å². The normalized spacial score (nSPS) is 18.4. The van der Waals surface area contributed by atoms with Crippen LogP contribution in [-0.2, 0) is 0 Å². The van der Waals surface area contributed by atoms with E-state index in [1.54, 1.807) is 0 Å². The lowest BCUT2D eigenvalue weighted by Gasteiger charge is -2.21. The Morgan fingerprint density at radius 1 is 1.18 bits per heavy atom. The van der Waals surface area contributed by atoms with Gasteiger partial charge in [-0.25, -0.2) is 4.99 Å². The van der Waals surface area contributed by atoms with E-state index in [1.165, 1.54) is 43.2 Å². The summed E-state index contributed by atoms with van der Waals surface area (Å²) in [6, 6.07) is 6.22. The van der Waals surface area contributed by atoms with E-state index in [0.717, 1.165) is 11.5 Å². The molecule has 1 aliphatic rings. The first-order valence-corrected chi connectivity index (χ1v) is 6.59. The molecule has 0 aromatic heterocycles. The quantitative estimate of drug-likeness (QED) is 0.608. The summed E-state index contributed by atoms with van der Waals surface area (Å²) < 4.78 is 0. The van der Waals surface area contributed by atoms with Gasteiger partial charge in [-0.1, -0.05) is 31.4 Å². The third-order valence-electron chi connectivity index (χ3n) is 3.85. The summed E-state index contributed by atoms with van der Waals surface area (Å²) in [4.78, 5) is 4.64. The van der Waals surface area contributed by atoms with Crippen molar-refractivity contribution in [1.82, 2.24) is 0 Å². The number of nitrogens with two attached hydrogens (primary N) is 1. The van der Waals surface area contributed by atoms with Gasteiger partial charge in [0, 0.05) is 5.92 Å². The molecular formula is C15H22N2. The van der Waals surface area contributed by atoms with Crippen molar-refractivity contribution in [3.63, 3.8) is 0 Å². The van der Waals surface area contributed by atoms with Crippen molar-refractivity contribution in [3.8, 4) is 0 Å². The predicted octanol–water partition coefficient (Wildman–Crippen LogP) is 3.87. The molecule has 1 aliphatic carbocycles. The predicted molar refractivity (Wildman–Crippen MR) is 73.8 cm³/mol. The molecule has 0 radical (unpaired) electrons. The maximum absolute atomic E-state index is 6.15. The van der Waals surface area contributed by atoms with E-state index in [0.29, 0.717) is 5.92 Å². The lowest BCUT2D eigenvalue weighted by molar-refractivity contribution is 0.437. The molecule has 0 heterocycles. The van der Waals surface area contributed by atoms with Crippen LogP contribution in [0.5, 0.6) is 0 Å². The Bertz CT molecular complexity index is 415. The molecule has 17 heavy (non-hydrogen) atoms. The Balaban J connectivity index is 2.19. The molecule has 0 saturated heterocycles. The molecule has 2 nitrogen and oxygen atoms in total. The molecule has 0 amide bonds. The van der Waals surface area contributed by atoms with E-state index < -0.39 is 0 Å². The van der Waals surface area contributed by atoms with E-state index in [2.05, 4.69) is 37.0 Å². The molecule has 0 spiro atoms. The van der Waals surface area contributed by atoms with Crippen molar-refractivity contribution >= 4 is 11.5 Å². The van der Waals surface area contributed by atoms with Crippen molar-refractivity contribution in [2.45, 2.75) is 46.0 Å². The molecule has 1 fully saturated rings. The molecule has 0 atom stereocenters. The number of nitrogens with zero attached hydrogens (tertiary/aromatic N) is 1. The Hall–Kier alpha value is -1.31. The molecule has 2 N–H and O–H groups in total. The third-order valence-corrected chi connectivity index (χ3v) is 3.85. The minimum Gasteiger partial charge on any atom is -0.387 e. The lowest BCUT2D eigenvalue weighted by atomic mass is 9.88. The molecule has 1 saturated carbocycles. The lowest BCUT2D eigenvalue weighted by Crippen LogP contribution is -2.25. The zero-order valence-electron chi connectivity index (χ0n) is 10.9. The van der Waals surface area contributed by atoms with E-state index in [-0.39, 0.29) is 0 Å². The van der Waals surface area contributed by atoms with Gasteiger partial charge in [0.15, 0.2) is 0 Å². The van der Waals surface area contributed by atoms with Crippen LogP contribution >= 0.6 is 0 Å². The fourth-order valence-electron chi connectivity index (χ4n) is 2.49. The number of amidine groups is 1. The second kappa shape index (κ2) is 5.35. The van der Waals surface area contributed by atoms with Crippen molar-refractivity contribution < 1.29 is 0 Å². The van der Waals surface area contributed by atoms with Crippen LogP contribution in [0.2, 0.25) is 0 Å². The van der Waals surface area contributed by atoms with Crippen LogP contribution < -0.4 is 5.73 Å². The Labute approximate surface area is 104 Å². The van der Waals surface area contributed by atoms with Crippen molar-refractivity contribution in [2.24, 2.45) is 16.6 Å².